The molecule has 112 valence electrons. The van der Waals surface area contributed by atoms with Crippen LogP contribution in [0.1, 0.15) is 40.5 Å². The Morgan fingerprint density at radius 3 is 2.30 bits per heavy atom. The van der Waals surface area contributed by atoms with Crippen LogP contribution in [0.2, 0.25) is 0 Å². The normalized spacial score (nSPS) is 15.4. The summed E-state index contributed by atoms with van der Waals surface area (Å²) in [6.07, 6.45) is 2.39. The summed E-state index contributed by atoms with van der Waals surface area (Å²) in [5.74, 6) is 2.28. The summed E-state index contributed by atoms with van der Waals surface area (Å²) in [6.45, 7) is 11.6. The summed E-state index contributed by atoms with van der Waals surface area (Å²) in [6, 6.07) is 0.339. The number of aromatic nitrogens is 3. The van der Waals surface area contributed by atoms with Gasteiger partial charge in [-0.05, 0) is 32.6 Å². The summed E-state index contributed by atoms with van der Waals surface area (Å²) in [5, 5.41) is 0. The van der Waals surface area contributed by atoms with Gasteiger partial charge in [-0.15, -0.1) is 0 Å². The van der Waals surface area contributed by atoms with Crippen LogP contribution in [0.3, 0.4) is 0 Å². The molecule has 1 saturated heterocycles. The van der Waals surface area contributed by atoms with E-state index < -0.39 is 0 Å². The maximum atomic E-state index is 5.88. The fourth-order valence-electron chi connectivity index (χ4n) is 2.47. The largest absolute Gasteiger partial charge is 0.368 e. The van der Waals surface area contributed by atoms with Crippen LogP contribution >= 0.6 is 0 Å². The molecule has 6 heteroatoms. The van der Waals surface area contributed by atoms with Gasteiger partial charge in [0.1, 0.15) is 0 Å². The zero-order chi connectivity index (χ0) is 14.7. The van der Waals surface area contributed by atoms with Crippen LogP contribution in [0.15, 0.2) is 0 Å². The van der Waals surface area contributed by atoms with Gasteiger partial charge in [0.15, 0.2) is 0 Å². The Balaban J connectivity index is 2.29. The highest BCUT2D eigenvalue weighted by Crippen LogP contribution is 2.21. The van der Waals surface area contributed by atoms with Gasteiger partial charge in [-0.2, -0.15) is 15.0 Å². The van der Waals surface area contributed by atoms with Crippen molar-refractivity contribution in [1.82, 2.24) is 15.0 Å². The standard InChI is InChI=1S/C14H26N6/c1-10(2)9-20(11(3)4)14-17-12(15)16-13(18-14)19-7-5-6-8-19/h10-11H,5-9H2,1-4H3,(H2,15,16,17,18). The molecule has 0 saturated carbocycles. The summed E-state index contributed by atoms with van der Waals surface area (Å²) in [5.41, 5.74) is 5.88. The fraction of sp³-hybridized carbons (Fsp3) is 0.786. The monoisotopic (exact) mass is 278 g/mol. The van der Waals surface area contributed by atoms with Crippen molar-refractivity contribution in [2.45, 2.75) is 46.6 Å². The highest BCUT2D eigenvalue weighted by atomic mass is 15.4. The van der Waals surface area contributed by atoms with Gasteiger partial charge < -0.3 is 15.5 Å². The molecule has 0 aromatic carbocycles. The molecule has 0 unspecified atom stereocenters. The van der Waals surface area contributed by atoms with Crippen LogP contribution in [-0.4, -0.2) is 40.6 Å². The van der Waals surface area contributed by atoms with E-state index in [1.807, 2.05) is 0 Å². The van der Waals surface area contributed by atoms with Gasteiger partial charge in [-0.1, -0.05) is 13.8 Å². The molecule has 1 aliphatic heterocycles. The summed E-state index contributed by atoms with van der Waals surface area (Å²) >= 11 is 0. The van der Waals surface area contributed by atoms with Crippen LogP contribution < -0.4 is 15.5 Å². The van der Waals surface area contributed by atoms with Crippen LogP contribution in [0, 0.1) is 5.92 Å². The van der Waals surface area contributed by atoms with Gasteiger partial charge >= 0.3 is 0 Å². The third-order valence-electron chi connectivity index (χ3n) is 3.46. The molecular weight excluding hydrogens is 252 g/mol. The van der Waals surface area contributed by atoms with Crippen LogP contribution in [-0.2, 0) is 0 Å². The van der Waals surface area contributed by atoms with E-state index in [0.717, 1.165) is 25.6 Å². The quantitative estimate of drug-likeness (QED) is 0.887. The summed E-state index contributed by atoms with van der Waals surface area (Å²) < 4.78 is 0. The van der Waals surface area contributed by atoms with Crippen molar-refractivity contribution in [2.75, 3.05) is 35.2 Å². The Morgan fingerprint density at radius 1 is 1.10 bits per heavy atom. The highest BCUT2D eigenvalue weighted by Gasteiger charge is 2.20. The maximum absolute atomic E-state index is 5.88. The topological polar surface area (TPSA) is 71.2 Å². The summed E-state index contributed by atoms with van der Waals surface area (Å²) in [7, 11) is 0. The van der Waals surface area contributed by atoms with E-state index in [0.29, 0.717) is 23.9 Å². The molecule has 1 aromatic rings. The van der Waals surface area contributed by atoms with E-state index >= 15 is 0 Å². The second-order valence-corrected chi connectivity index (χ2v) is 6.13. The number of rotatable bonds is 5. The lowest BCUT2D eigenvalue weighted by atomic mass is 10.2. The van der Waals surface area contributed by atoms with E-state index in [1.165, 1.54) is 12.8 Å². The van der Waals surface area contributed by atoms with Gasteiger partial charge in [-0.25, -0.2) is 0 Å². The average Bonchev–Trinajstić information content (AvgIpc) is 2.88. The van der Waals surface area contributed by atoms with Crippen LogP contribution in [0.25, 0.3) is 0 Å². The Morgan fingerprint density at radius 2 is 1.75 bits per heavy atom. The molecule has 20 heavy (non-hydrogen) atoms. The van der Waals surface area contributed by atoms with Crippen molar-refractivity contribution in [3.05, 3.63) is 0 Å². The molecule has 0 aliphatic carbocycles. The van der Waals surface area contributed by atoms with Gasteiger partial charge in [-0.3, -0.25) is 0 Å². The molecule has 1 aromatic heterocycles. The second kappa shape index (κ2) is 6.24. The third kappa shape index (κ3) is 3.49. The maximum Gasteiger partial charge on any atom is 0.232 e. The minimum atomic E-state index is 0.311. The van der Waals surface area contributed by atoms with E-state index in [1.54, 1.807) is 0 Å². The van der Waals surface area contributed by atoms with Crippen molar-refractivity contribution in [3.63, 3.8) is 0 Å². The molecule has 0 atom stereocenters. The number of hydrogen-bond donors (Lipinski definition) is 1. The smallest absolute Gasteiger partial charge is 0.232 e. The van der Waals surface area contributed by atoms with Gasteiger partial charge in [0.25, 0.3) is 0 Å². The molecule has 0 spiro atoms. The lowest BCUT2D eigenvalue weighted by Gasteiger charge is -2.29. The first-order valence-electron chi connectivity index (χ1n) is 7.50. The SMILES string of the molecule is CC(C)CN(c1nc(N)nc(N2CCCC2)n1)C(C)C. The van der Waals surface area contributed by atoms with Gasteiger partial charge in [0, 0.05) is 25.7 Å². The first-order chi connectivity index (χ1) is 9.47. The van der Waals surface area contributed by atoms with Crippen molar-refractivity contribution < 1.29 is 0 Å². The molecule has 2 rings (SSSR count). The van der Waals surface area contributed by atoms with Crippen molar-refractivity contribution in [2.24, 2.45) is 5.92 Å². The zero-order valence-electron chi connectivity index (χ0n) is 13.0. The van der Waals surface area contributed by atoms with Gasteiger partial charge in [0.2, 0.25) is 17.8 Å². The average molecular weight is 278 g/mol. The van der Waals surface area contributed by atoms with Crippen LogP contribution in [0.4, 0.5) is 17.8 Å². The van der Waals surface area contributed by atoms with Gasteiger partial charge in [0.05, 0.1) is 0 Å². The molecule has 0 bridgehead atoms. The Labute approximate surface area is 121 Å². The molecule has 2 N–H and O–H groups in total. The number of anilines is 3. The Hall–Kier alpha value is -1.59. The third-order valence-corrected chi connectivity index (χ3v) is 3.46. The Kier molecular flexibility index (Phi) is 4.62. The molecule has 1 fully saturated rings. The lowest BCUT2D eigenvalue weighted by molar-refractivity contribution is 0.559. The molecule has 1 aliphatic rings. The molecule has 2 heterocycles. The number of nitrogens with zero attached hydrogens (tertiary/aromatic N) is 5. The number of nitrogen functional groups attached to an aromatic ring is 1. The second-order valence-electron chi connectivity index (χ2n) is 6.13. The first-order valence-corrected chi connectivity index (χ1v) is 7.50. The summed E-state index contributed by atoms with van der Waals surface area (Å²) in [4.78, 5) is 17.7. The highest BCUT2D eigenvalue weighted by molar-refractivity contribution is 5.44. The fourth-order valence-corrected chi connectivity index (χ4v) is 2.47. The molecule has 0 amide bonds. The van der Waals surface area contributed by atoms with E-state index in [2.05, 4.69) is 52.4 Å². The van der Waals surface area contributed by atoms with E-state index in [-0.39, 0.29) is 0 Å². The van der Waals surface area contributed by atoms with Crippen molar-refractivity contribution in [1.29, 1.82) is 0 Å². The van der Waals surface area contributed by atoms with Crippen molar-refractivity contribution in [3.8, 4) is 0 Å². The number of hydrogen-bond acceptors (Lipinski definition) is 6. The number of nitrogens with two attached hydrogens (primary N) is 1. The van der Waals surface area contributed by atoms with E-state index in [4.69, 9.17) is 5.73 Å². The zero-order valence-corrected chi connectivity index (χ0v) is 13.0. The predicted molar refractivity (Wildman–Crippen MR) is 83.0 cm³/mol. The Bertz CT molecular complexity index is 439. The van der Waals surface area contributed by atoms with E-state index in [9.17, 15) is 0 Å². The first kappa shape index (κ1) is 14.8. The predicted octanol–water partition coefficient (Wildman–Crippen LogP) is 1.92. The molecule has 0 radical (unpaired) electrons. The molecular formula is C14H26N6. The minimum Gasteiger partial charge on any atom is -0.368 e. The minimum absolute atomic E-state index is 0.311. The van der Waals surface area contributed by atoms with Crippen molar-refractivity contribution >= 4 is 17.8 Å². The lowest BCUT2D eigenvalue weighted by Crippen LogP contribution is -2.36. The van der Waals surface area contributed by atoms with Crippen LogP contribution in [0.5, 0.6) is 0 Å². The molecule has 6 nitrogen and oxygen atoms in total.